The third kappa shape index (κ3) is 2.95. The highest BCUT2D eigenvalue weighted by Gasteiger charge is 2.18. The Labute approximate surface area is 155 Å². The molecule has 2 N–H and O–H groups in total. The Balaban J connectivity index is 1.77. The number of fused-ring (bicyclic) bond motifs is 1. The fourth-order valence-electron chi connectivity index (χ4n) is 3.29. The van der Waals surface area contributed by atoms with Gasteiger partial charge in [0.2, 0.25) is 0 Å². The number of halogens is 1. The zero-order valence-electron chi connectivity index (χ0n) is 15.5. The summed E-state index contributed by atoms with van der Waals surface area (Å²) in [6, 6.07) is 8.04. The van der Waals surface area contributed by atoms with E-state index in [1.165, 1.54) is 12.1 Å². The van der Waals surface area contributed by atoms with Crippen molar-refractivity contribution in [2.24, 2.45) is 0 Å². The van der Waals surface area contributed by atoms with E-state index in [-0.39, 0.29) is 5.82 Å². The van der Waals surface area contributed by atoms with Crippen LogP contribution in [0.2, 0.25) is 0 Å². The monoisotopic (exact) mass is 365 g/mol. The van der Waals surface area contributed by atoms with Crippen LogP contribution in [0, 0.1) is 19.7 Å². The van der Waals surface area contributed by atoms with Crippen molar-refractivity contribution in [2.75, 3.05) is 5.73 Å². The van der Waals surface area contributed by atoms with Crippen LogP contribution in [0.5, 0.6) is 0 Å². The highest BCUT2D eigenvalue weighted by atomic mass is 19.1. The SMILES string of the molecule is CCc1nc2c(N)nc(C)c(C)c2n1Cc1cc(-c2ccc(F)cc2)no1. The van der Waals surface area contributed by atoms with Crippen LogP contribution in [-0.2, 0) is 13.0 Å². The van der Waals surface area contributed by atoms with Gasteiger partial charge in [0.05, 0.1) is 12.1 Å². The van der Waals surface area contributed by atoms with Gasteiger partial charge in [0, 0.05) is 23.7 Å². The fourth-order valence-corrected chi connectivity index (χ4v) is 3.29. The lowest BCUT2D eigenvalue weighted by atomic mass is 10.1. The third-order valence-corrected chi connectivity index (χ3v) is 4.80. The summed E-state index contributed by atoms with van der Waals surface area (Å²) >= 11 is 0. The molecule has 0 aliphatic carbocycles. The van der Waals surface area contributed by atoms with Crippen molar-refractivity contribution in [3.8, 4) is 11.3 Å². The summed E-state index contributed by atoms with van der Waals surface area (Å²) in [4.78, 5) is 9.06. The minimum Gasteiger partial charge on any atom is -0.382 e. The smallest absolute Gasteiger partial charge is 0.157 e. The lowest BCUT2D eigenvalue weighted by Crippen LogP contribution is -2.05. The third-order valence-electron chi connectivity index (χ3n) is 4.80. The first-order valence-electron chi connectivity index (χ1n) is 8.81. The molecule has 6 nitrogen and oxygen atoms in total. The molecule has 1 aromatic carbocycles. The van der Waals surface area contributed by atoms with E-state index < -0.39 is 0 Å². The Morgan fingerprint density at radius 2 is 1.89 bits per heavy atom. The van der Waals surface area contributed by atoms with Gasteiger partial charge in [0.15, 0.2) is 11.6 Å². The maximum absolute atomic E-state index is 13.1. The molecular weight excluding hydrogens is 345 g/mol. The molecule has 4 rings (SSSR count). The Morgan fingerprint density at radius 3 is 2.59 bits per heavy atom. The first kappa shape index (κ1) is 17.2. The molecule has 3 heterocycles. The largest absolute Gasteiger partial charge is 0.382 e. The average molecular weight is 365 g/mol. The van der Waals surface area contributed by atoms with Gasteiger partial charge in [-0.05, 0) is 43.7 Å². The molecule has 0 aliphatic rings. The molecule has 27 heavy (non-hydrogen) atoms. The molecule has 3 aromatic heterocycles. The summed E-state index contributed by atoms with van der Waals surface area (Å²) in [7, 11) is 0. The van der Waals surface area contributed by atoms with Crippen molar-refractivity contribution in [3.05, 3.63) is 59.0 Å². The van der Waals surface area contributed by atoms with E-state index in [1.54, 1.807) is 12.1 Å². The fraction of sp³-hybridized carbons (Fsp3) is 0.250. The average Bonchev–Trinajstić information content (AvgIpc) is 3.26. The number of hydrogen-bond donors (Lipinski definition) is 1. The number of nitrogens with two attached hydrogens (primary N) is 1. The molecule has 0 saturated carbocycles. The highest BCUT2D eigenvalue weighted by molar-refractivity contribution is 5.88. The van der Waals surface area contributed by atoms with Gasteiger partial charge in [-0.2, -0.15) is 0 Å². The Morgan fingerprint density at radius 1 is 1.15 bits per heavy atom. The molecule has 0 bridgehead atoms. The van der Waals surface area contributed by atoms with Gasteiger partial charge >= 0.3 is 0 Å². The molecule has 7 heteroatoms. The van der Waals surface area contributed by atoms with Gasteiger partial charge in [-0.15, -0.1) is 0 Å². The van der Waals surface area contributed by atoms with Gasteiger partial charge in [-0.3, -0.25) is 0 Å². The van der Waals surface area contributed by atoms with Crippen LogP contribution in [0.3, 0.4) is 0 Å². The maximum Gasteiger partial charge on any atom is 0.157 e. The molecule has 0 atom stereocenters. The van der Waals surface area contributed by atoms with E-state index in [0.29, 0.717) is 29.3 Å². The first-order valence-corrected chi connectivity index (χ1v) is 8.81. The topological polar surface area (TPSA) is 82.8 Å². The van der Waals surface area contributed by atoms with Crippen molar-refractivity contribution >= 4 is 16.9 Å². The quantitative estimate of drug-likeness (QED) is 0.590. The van der Waals surface area contributed by atoms with E-state index in [4.69, 9.17) is 10.3 Å². The number of hydrogen-bond acceptors (Lipinski definition) is 5. The van der Waals surface area contributed by atoms with Crippen molar-refractivity contribution < 1.29 is 8.91 Å². The number of anilines is 1. The number of imidazole rings is 1. The minimum absolute atomic E-state index is 0.281. The summed E-state index contributed by atoms with van der Waals surface area (Å²) in [6.45, 7) is 6.49. The van der Waals surface area contributed by atoms with Crippen molar-refractivity contribution in [1.29, 1.82) is 0 Å². The van der Waals surface area contributed by atoms with Gasteiger partial charge in [-0.1, -0.05) is 12.1 Å². The molecule has 4 aromatic rings. The van der Waals surface area contributed by atoms with E-state index >= 15 is 0 Å². The number of benzene rings is 1. The second-order valence-corrected chi connectivity index (χ2v) is 6.56. The zero-order chi connectivity index (χ0) is 19.1. The van der Waals surface area contributed by atoms with Crippen molar-refractivity contribution in [3.63, 3.8) is 0 Å². The normalized spacial score (nSPS) is 11.4. The van der Waals surface area contributed by atoms with E-state index in [2.05, 4.69) is 19.7 Å². The number of nitrogen functional groups attached to an aromatic ring is 1. The summed E-state index contributed by atoms with van der Waals surface area (Å²) < 4.78 is 20.8. The second kappa shape index (κ2) is 6.50. The van der Waals surface area contributed by atoms with E-state index in [1.807, 2.05) is 26.8 Å². The number of pyridine rings is 1. The number of nitrogens with zero attached hydrogens (tertiary/aromatic N) is 4. The lowest BCUT2D eigenvalue weighted by molar-refractivity contribution is 0.378. The summed E-state index contributed by atoms with van der Waals surface area (Å²) in [5, 5.41) is 4.12. The predicted octanol–water partition coefficient (Wildman–Crippen LogP) is 4.04. The van der Waals surface area contributed by atoms with E-state index in [0.717, 1.165) is 34.6 Å². The van der Waals surface area contributed by atoms with Crippen LogP contribution in [0.15, 0.2) is 34.9 Å². The van der Waals surface area contributed by atoms with Gasteiger partial charge in [0.25, 0.3) is 0 Å². The summed E-state index contributed by atoms with van der Waals surface area (Å²) in [5.41, 5.74) is 11.2. The lowest BCUT2D eigenvalue weighted by Gasteiger charge is -2.09. The molecule has 0 fully saturated rings. The second-order valence-electron chi connectivity index (χ2n) is 6.56. The Bertz CT molecular complexity index is 1130. The Hall–Kier alpha value is -3.22. The Kier molecular flexibility index (Phi) is 4.14. The number of rotatable bonds is 4. The molecule has 0 radical (unpaired) electrons. The van der Waals surface area contributed by atoms with Crippen molar-refractivity contribution in [1.82, 2.24) is 19.7 Å². The maximum atomic E-state index is 13.1. The molecule has 0 saturated heterocycles. The highest BCUT2D eigenvalue weighted by Crippen LogP contribution is 2.28. The first-order chi connectivity index (χ1) is 13.0. The van der Waals surface area contributed by atoms with Crippen LogP contribution in [-0.4, -0.2) is 19.7 Å². The molecule has 0 spiro atoms. The van der Waals surface area contributed by atoms with E-state index in [9.17, 15) is 4.39 Å². The molecule has 0 amide bonds. The van der Waals surface area contributed by atoms with Gasteiger partial charge < -0.3 is 14.8 Å². The van der Waals surface area contributed by atoms with Crippen molar-refractivity contribution in [2.45, 2.75) is 33.7 Å². The van der Waals surface area contributed by atoms with Gasteiger partial charge in [-0.25, -0.2) is 14.4 Å². The summed E-state index contributed by atoms with van der Waals surface area (Å²) in [5.74, 6) is 1.76. The van der Waals surface area contributed by atoms with Crippen LogP contribution in [0.4, 0.5) is 10.2 Å². The minimum atomic E-state index is -0.281. The molecule has 138 valence electrons. The standard InChI is InChI=1S/C20H20FN5O/c1-4-17-24-18-19(11(2)12(3)23-20(18)22)26(17)10-15-9-16(25-27-15)13-5-7-14(21)8-6-13/h5-9H,4,10H2,1-3H3,(H2,22,23). The molecule has 0 aliphatic heterocycles. The predicted molar refractivity (Wildman–Crippen MR) is 102 cm³/mol. The van der Waals surface area contributed by atoms with Crippen LogP contribution >= 0.6 is 0 Å². The van der Waals surface area contributed by atoms with Crippen LogP contribution < -0.4 is 5.73 Å². The number of aromatic nitrogens is 4. The summed E-state index contributed by atoms with van der Waals surface area (Å²) in [6.07, 6.45) is 0.756. The van der Waals surface area contributed by atoms with Crippen LogP contribution in [0.25, 0.3) is 22.3 Å². The molecular formula is C20H20FN5O. The van der Waals surface area contributed by atoms with Gasteiger partial charge in [0.1, 0.15) is 22.9 Å². The zero-order valence-corrected chi connectivity index (χ0v) is 15.5. The molecule has 0 unspecified atom stereocenters. The number of aryl methyl sites for hydroxylation is 3. The van der Waals surface area contributed by atoms with Crippen LogP contribution in [0.1, 0.15) is 29.8 Å².